The van der Waals surface area contributed by atoms with E-state index in [1.807, 2.05) is 6.92 Å². The van der Waals surface area contributed by atoms with Gasteiger partial charge in [-0.15, -0.1) is 0 Å². The Balaban J connectivity index is 4.57. The SMILES string of the molecule is CC(=N)[Si](C)(C)[Si](C)(C)C. The Morgan fingerprint density at radius 1 is 1.00 bits per heavy atom. The van der Waals surface area contributed by atoms with Gasteiger partial charge in [-0.3, -0.25) is 0 Å². The van der Waals surface area contributed by atoms with E-state index in [-0.39, 0.29) is 0 Å². The summed E-state index contributed by atoms with van der Waals surface area (Å²) in [4.78, 5) is 0. The van der Waals surface area contributed by atoms with Crippen LogP contribution in [0.15, 0.2) is 0 Å². The molecule has 0 aliphatic rings. The van der Waals surface area contributed by atoms with Crippen LogP contribution in [-0.4, -0.2) is 20.5 Å². The molecule has 0 spiro atoms. The minimum atomic E-state index is -1.26. The maximum Gasteiger partial charge on any atom is 0.0902 e. The van der Waals surface area contributed by atoms with Crippen LogP contribution in [0.1, 0.15) is 6.92 Å². The van der Waals surface area contributed by atoms with Gasteiger partial charge in [0, 0.05) is 7.59 Å². The second kappa shape index (κ2) is 2.62. The highest BCUT2D eigenvalue weighted by atomic mass is 29.3. The van der Waals surface area contributed by atoms with Gasteiger partial charge in [-0.05, 0) is 12.3 Å². The molecule has 0 aliphatic carbocycles. The van der Waals surface area contributed by atoms with Gasteiger partial charge in [0.25, 0.3) is 0 Å². The summed E-state index contributed by atoms with van der Waals surface area (Å²) in [6.45, 7) is 13.7. The third-order valence-electron chi connectivity index (χ3n) is 2.81. The van der Waals surface area contributed by atoms with Crippen molar-refractivity contribution in [2.75, 3.05) is 0 Å². The first-order valence-corrected chi connectivity index (χ1v) is 11.2. The van der Waals surface area contributed by atoms with E-state index in [4.69, 9.17) is 5.41 Å². The lowest BCUT2D eigenvalue weighted by atomic mass is 10.9. The smallest absolute Gasteiger partial charge is 0.0902 e. The molecular weight excluding hydrogens is 154 g/mol. The third kappa shape index (κ3) is 1.79. The second-order valence-electron chi connectivity index (χ2n) is 4.50. The first kappa shape index (κ1) is 10.1. The summed E-state index contributed by atoms with van der Waals surface area (Å²) in [5.74, 6) is 0. The van der Waals surface area contributed by atoms with Crippen LogP contribution >= 0.6 is 0 Å². The first-order chi connectivity index (χ1) is 4.19. The normalized spacial score (nSPS) is 13.4. The zero-order valence-corrected chi connectivity index (χ0v) is 10.0. The Hall–Kier alpha value is 0.104. The van der Waals surface area contributed by atoms with Crippen molar-refractivity contribution in [3.63, 3.8) is 0 Å². The lowest BCUT2D eigenvalue weighted by Gasteiger charge is -2.34. The molecule has 0 radical (unpaired) electrons. The Bertz CT molecular complexity index is 144. The van der Waals surface area contributed by atoms with Crippen LogP contribution in [0.4, 0.5) is 0 Å². The number of hydrogen-bond donors (Lipinski definition) is 1. The van der Waals surface area contributed by atoms with Crippen LogP contribution in [0.2, 0.25) is 32.7 Å². The van der Waals surface area contributed by atoms with Crippen molar-refractivity contribution in [1.82, 2.24) is 0 Å². The van der Waals surface area contributed by atoms with E-state index in [1.165, 1.54) is 0 Å². The topological polar surface area (TPSA) is 23.9 Å². The summed E-state index contributed by atoms with van der Waals surface area (Å²) in [5, 5.41) is 8.61. The summed E-state index contributed by atoms with van der Waals surface area (Å²) < 4.78 is 0. The molecule has 0 bridgehead atoms. The third-order valence-corrected chi connectivity index (χ3v) is 20.8. The summed E-state index contributed by atoms with van der Waals surface area (Å²) in [7, 11) is -2.29. The predicted molar refractivity (Wildman–Crippen MR) is 54.2 cm³/mol. The summed E-state index contributed by atoms with van der Waals surface area (Å²) in [6, 6.07) is 0. The molecule has 0 aromatic carbocycles. The predicted octanol–water partition coefficient (Wildman–Crippen LogP) is 2.69. The minimum absolute atomic E-state index is 0.965. The molecule has 0 aromatic heterocycles. The van der Waals surface area contributed by atoms with Crippen LogP contribution < -0.4 is 0 Å². The zero-order valence-electron chi connectivity index (χ0n) is 8.00. The monoisotopic (exact) mass is 173 g/mol. The van der Waals surface area contributed by atoms with Gasteiger partial charge in [0.15, 0.2) is 0 Å². The van der Waals surface area contributed by atoms with Gasteiger partial charge < -0.3 is 5.41 Å². The van der Waals surface area contributed by atoms with Gasteiger partial charge in [-0.25, -0.2) is 0 Å². The quantitative estimate of drug-likeness (QED) is 0.490. The maximum absolute atomic E-state index is 7.65. The molecule has 0 aromatic rings. The second-order valence-corrected chi connectivity index (χ2v) is 21.2. The summed E-state index contributed by atoms with van der Waals surface area (Å²) in [5.41, 5.74) is 0. The van der Waals surface area contributed by atoms with Crippen molar-refractivity contribution in [1.29, 1.82) is 5.41 Å². The molecule has 3 heteroatoms. The number of hydrogen-bond acceptors (Lipinski definition) is 1. The van der Waals surface area contributed by atoms with E-state index in [2.05, 4.69) is 32.7 Å². The zero-order chi connectivity index (χ0) is 8.58. The molecule has 0 rings (SSSR count). The van der Waals surface area contributed by atoms with Crippen molar-refractivity contribution >= 4 is 20.5 Å². The van der Waals surface area contributed by atoms with E-state index in [0.29, 0.717) is 0 Å². The van der Waals surface area contributed by atoms with Gasteiger partial charge in [-0.1, -0.05) is 32.7 Å². The van der Waals surface area contributed by atoms with E-state index >= 15 is 0 Å². The van der Waals surface area contributed by atoms with Crippen molar-refractivity contribution in [2.24, 2.45) is 0 Å². The Kier molecular flexibility index (Phi) is 2.65. The van der Waals surface area contributed by atoms with Crippen LogP contribution in [0, 0.1) is 5.41 Å². The molecule has 0 fully saturated rings. The Morgan fingerprint density at radius 2 is 1.30 bits per heavy atom. The Morgan fingerprint density at radius 3 is 1.30 bits per heavy atom. The lowest BCUT2D eigenvalue weighted by Crippen LogP contribution is -2.57. The van der Waals surface area contributed by atoms with Crippen molar-refractivity contribution < 1.29 is 0 Å². The van der Waals surface area contributed by atoms with Gasteiger partial charge in [-0.2, -0.15) is 0 Å². The van der Waals surface area contributed by atoms with Gasteiger partial charge in [0.05, 0.1) is 7.59 Å². The summed E-state index contributed by atoms with van der Waals surface area (Å²) in [6.07, 6.45) is 0. The fraction of sp³-hybridized carbons (Fsp3) is 0.857. The first-order valence-electron chi connectivity index (χ1n) is 3.75. The van der Waals surface area contributed by atoms with Crippen LogP contribution in [0.25, 0.3) is 0 Å². The van der Waals surface area contributed by atoms with E-state index in [0.717, 1.165) is 5.33 Å². The lowest BCUT2D eigenvalue weighted by molar-refractivity contribution is 1.51. The van der Waals surface area contributed by atoms with Crippen LogP contribution in [0.5, 0.6) is 0 Å². The van der Waals surface area contributed by atoms with Crippen LogP contribution in [-0.2, 0) is 0 Å². The molecule has 0 saturated carbocycles. The highest BCUT2D eigenvalue weighted by molar-refractivity contribution is 7.51. The number of rotatable bonds is 2. The largest absolute Gasteiger partial charge is 0.315 e. The standard InChI is InChI=1S/C7H19NSi2/c1-7(8)10(5,6)9(2,3)4/h8H,1-6H3. The molecular formula is C7H19NSi2. The van der Waals surface area contributed by atoms with Crippen molar-refractivity contribution in [3.8, 4) is 0 Å². The molecule has 1 nitrogen and oxygen atoms in total. The van der Waals surface area contributed by atoms with Gasteiger partial charge in [0.2, 0.25) is 0 Å². The summed E-state index contributed by atoms with van der Waals surface area (Å²) >= 11 is 0. The molecule has 0 unspecified atom stereocenters. The molecule has 10 heavy (non-hydrogen) atoms. The van der Waals surface area contributed by atoms with Crippen molar-refractivity contribution in [2.45, 2.75) is 39.7 Å². The average Bonchev–Trinajstić information content (AvgIpc) is 1.62. The molecule has 0 heterocycles. The van der Waals surface area contributed by atoms with Crippen LogP contribution in [0.3, 0.4) is 0 Å². The number of nitrogens with one attached hydrogen (secondary N) is 1. The van der Waals surface area contributed by atoms with Crippen molar-refractivity contribution in [3.05, 3.63) is 0 Å². The van der Waals surface area contributed by atoms with E-state index in [9.17, 15) is 0 Å². The van der Waals surface area contributed by atoms with E-state index < -0.39 is 15.2 Å². The molecule has 0 amide bonds. The molecule has 60 valence electrons. The fourth-order valence-electron chi connectivity index (χ4n) is 0.562. The highest BCUT2D eigenvalue weighted by Crippen LogP contribution is 2.19. The Labute approximate surface area is 66.2 Å². The van der Waals surface area contributed by atoms with E-state index in [1.54, 1.807) is 0 Å². The maximum atomic E-state index is 7.65. The highest BCUT2D eigenvalue weighted by Gasteiger charge is 2.38. The minimum Gasteiger partial charge on any atom is -0.315 e. The fourth-order valence-corrected chi connectivity index (χ4v) is 5.06. The molecule has 1 N–H and O–H groups in total. The molecule has 0 atom stereocenters. The van der Waals surface area contributed by atoms with Gasteiger partial charge >= 0.3 is 0 Å². The average molecular weight is 173 g/mol. The molecule has 0 saturated heterocycles. The van der Waals surface area contributed by atoms with Gasteiger partial charge in [0.1, 0.15) is 0 Å². The molecule has 0 aliphatic heterocycles.